The minimum Gasteiger partial charge on any atom is -0.497 e. The average Bonchev–Trinajstić information content (AvgIpc) is 3.27. The molecule has 1 aromatic carbocycles. The second-order valence-electron chi connectivity index (χ2n) is 5.17. The summed E-state index contributed by atoms with van der Waals surface area (Å²) >= 11 is 0. The van der Waals surface area contributed by atoms with Crippen LogP contribution in [-0.4, -0.2) is 26.3 Å². The highest BCUT2D eigenvalue weighted by molar-refractivity contribution is 5.28. The molecule has 3 nitrogen and oxygen atoms in total. The van der Waals surface area contributed by atoms with Crippen LogP contribution in [0.4, 0.5) is 0 Å². The molecule has 0 amide bonds. The summed E-state index contributed by atoms with van der Waals surface area (Å²) < 4.78 is 11.2. The van der Waals surface area contributed by atoms with Gasteiger partial charge >= 0.3 is 0 Å². The Morgan fingerprint density at radius 2 is 2.00 bits per heavy atom. The molecule has 106 valence electrons. The molecule has 2 rings (SSSR count). The lowest BCUT2D eigenvalue weighted by molar-refractivity contribution is 0.0503. The molecule has 0 aromatic heterocycles. The summed E-state index contributed by atoms with van der Waals surface area (Å²) in [6.45, 7) is 3.93. The van der Waals surface area contributed by atoms with E-state index in [1.807, 2.05) is 12.1 Å². The van der Waals surface area contributed by atoms with Crippen molar-refractivity contribution in [3.63, 3.8) is 0 Å². The quantitative estimate of drug-likeness (QED) is 0.693. The van der Waals surface area contributed by atoms with Gasteiger partial charge in [-0.05, 0) is 37.0 Å². The lowest BCUT2D eigenvalue weighted by Crippen LogP contribution is -2.25. The van der Waals surface area contributed by atoms with Crippen LogP contribution in [0.5, 0.6) is 5.75 Å². The molecule has 1 N–H and O–H groups in total. The molecule has 0 spiro atoms. The van der Waals surface area contributed by atoms with Gasteiger partial charge in [0.15, 0.2) is 0 Å². The first kappa shape index (κ1) is 14.4. The molecule has 3 heteroatoms. The van der Waals surface area contributed by atoms with Gasteiger partial charge in [0.25, 0.3) is 0 Å². The van der Waals surface area contributed by atoms with E-state index in [1.54, 1.807) is 7.11 Å². The molecule has 0 radical (unpaired) electrons. The largest absolute Gasteiger partial charge is 0.497 e. The molecule has 0 saturated heterocycles. The maximum atomic E-state index is 6.02. The van der Waals surface area contributed by atoms with Crippen LogP contribution in [0.1, 0.15) is 44.3 Å². The van der Waals surface area contributed by atoms with E-state index in [0.717, 1.165) is 31.4 Å². The summed E-state index contributed by atoms with van der Waals surface area (Å²) in [5.41, 5.74) is 1.23. The van der Waals surface area contributed by atoms with Crippen molar-refractivity contribution < 1.29 is 9.47 Å². The van der Waals surface area contributed by atoms with Crippen molar-refractivity contribution >= 4 is 0 Å². The number of hydrogen-bond donors (Lipinski definition) is 1. The Hall–Kier alpha value is -1.06. The molecule has 0 bridgehead atoms. The molecule has 0 heterocycles. The van der Waals surface area contributed by atoms with E-state index in [2.05, 4.69) is 24.4 Å². The topological polar surface area (TPSA) is 30.5 Å². The third kappa shape index (κ3) is 4.84. The number of nitrogens with one attached hydrogen (secondary N) is 1. The van der Waals surface area contributed by atoms with Crippen LogP contribution >= 0.6 is 0 Å². The molecule has 1 fully saturated rings. The van der Waals surface area contributed by atoms with Gasteiger partial charge in [0.2, 0.25) is 0 Å². The maximum absolute atomic E-state index is 6.02. The van der Waals surface area contributed by atoms with Crippen molar-refractivity contribution in [2.45, 2.75) is 44.8 Å². The summed E-state index contributed by atoms with van der Waals surface area (Å²) in [7, 11) is 1.69. The molecule has 1 aliphatic rings. The monoisotopic (exact) mass is 263 g/mol. The third-order valence-electron chi connectivity index (χ3n) is 3.47. The standard InChI is InChI=1S/C16H25NO2/c1-3-4-11-19-16(12-17-14-7-8-14)13-5-9-15(18-2)10-6-13/h5-6,9-10,14,16-17H,3-4,7-8,11-12H2,1-2H3. The molecule has 0 aliphatic heterocycles. The Kier molecular flexibility index (Phi) is 5.67. The smallest absolute Gasteiger partial charge is 0.118 e. The van der Waals surface area contributed by atoms with Gasteiger partial charge < -0.3 is 14.8 Å². The van der Waals surface area contributed by atoms with E-state index in [4.69, 9.17) is 9.47 Å². The van der Waals surface area contributed by atoms with E-state index in [1.165, 1.54) is 24.8 Å². The van der Waals surface area contributed by atoms with Crippen molar-refractivity contribution in [2.24, 2.45) is 0 Å². The second-order valence-corrected chi connectivity index (χ2v) is 5.17. The van der Waals surface area contributed by atoms with Crippen molar-refractivity contribution in [2.75, 3.05) is 20.3 Å². The average molecular weight is 263 g/mol. The Bertz CT molecular complexity index is 360. The van der Waals surface area contributed by atoms with Gasteiger partial charge in [0, 0.05) is 19.2 Å². The number of hydrogen-bond acceptors (Lipinski definition) is 3. The fraction of sp³-hybridized carbons (Fsp3) is 0.625. The summed E-state index contributed by atoms with van der Waals surface area (Å²) in [6.07, 6.45) is 5.06. The summed E-state index contributed by atoms with van der Waals surface area (Å²) in [5, 5.41) is 3.55. The van der Waals surface area contributed by atoms with E-state index in [0.29, 0.717) is 0 Å². The van der Waals surface area contributed by atoms with Crippen LogP contribution in [-0.2, 0) is 4.74 Å². The van der Waals surface area contributed by atoms with Crippen LogP contribution < -0.4 is 10.1 Å². The zero-order valence-corrected chi connectivity index (χ0v) is 12.0. The van der Waals surface area contributed by atoms with Gasteiger partial charge in [-0.1, -0.05) is 25.5 Å². The Balaban J connectivity index is 1.91. The number of ether oxygens (including phenoxy) is 2. The number of unbranched alkanes of at least 4 members (excludes halogenated alkanes) is 1. The van der Waals surface area contributed by atoms with Crippen molar-refractivity contribution in [1.82, 2.24) is 5.32 Å². The summed E-state index contributed by atoms with van der Waals surface area (Å²) in [4.78, 5) is 0. The summed E-state index contributed by atoms with van der Waals surface area (Å²) in [5.74, 6) is 0.895. The highest BCUT2D eigenvalue weighted by atomic mass is 16.5. The Labute approximate surface area is 116 Å². The predicted molar refractivity (Wildman–Crippen MR) is 77.6 cm³/mol. The molecule has 19 heavy (non-hydrogen) atoms. The van der Waals surface area contributed by atoms with Gasteiger partial charge in [-0.3, -0.25) is 0 Å². The van der Waals surface area contributed by atoms with Gasteiger partial charge in [-0.15, -0.1) is 0 Å². The number of rotatable bonds is 9. The van der Waals surface area contributed by atoms with Gasteiger partial charge in [0.1, 0.15) is 5.75 Å². The lowest BCUT2D eigenvalue weighted by Gasteiger charge is -2.19. The molecule has 1 aliphatic carbocycles. The maximum Gasteiger partial charge on any atom is 0.118 e. The minimum atomic E-state index is 0.151. The Morgan fingerprint density at radius 3 is 2.58 bits per heavy atom. The van der Waals surface area contributed by atoms with Crippen molar-refractivity contribution in [1.29, 1.82) is 0 Å². The van der Waals surface area contributed by atoms with Crippen LogP contribution in [0.3, 0.4) is 0 Å². The zero-order chi connectivity index (χ0) is 13.5. The molecule has 1 unspecified atom stereocenters. The second kappa shape index (κ2) is 7.51. The fourth-order valence-corrected chi connectivity index (χ4v) is 2.02. The van der Waals surface area contributed by atoms with Crippen LogP contribution in [0.15, 0.2) is 24.3 Å². The molecule has 1 aromatic rings. The lowest BCUT2D eigenvalue weighted by atomic mass is 10.1. The highest BCUT2D eigenvalue weighted by Crippen LogP contribution is 2.23. The van der Waals surface area contributed by atoms with Crippen LogP contribution in [0.25, 0.3) is 0 Å². The van der Waals surface area contributed by atoms with Gasteiger partial charge in [0.05, 0.1) is 13.2 Å². The van der Waals surface area contributed by atoms with E-state index in [-0.39, 0.29) is 6.10 Å². The van der Waals surface area contributed by atoms with E-state index >= 15 is 0 Å². The SMILES string of the molecule is CCCCOC(CNC1CC1)c1ccc(OC)cc1. The predicted octanol–water partition coefficient (Wildman–Crippen LogP) is 3.31. The van der Waals surface area contributed by atoms with E-state index < -0.39 is 0 Å². The number of methoxy groups -OCH3 is 1. The first-order valence-corrected chi connectivity index (χ1v) is 7.32. The van der Waals surface area contributed by atoms with Crippen molar-refractivity contribution in [3.05, 3.63) is 29.8 Å². The molecule has 1 atom stereocenters. The Morgan fingerprint density at radius 1 is 1.26 bits per heavy atom. The normalized spacial score (nSPS) is 16.3. The van der Waals surface area contributed by atoms with Gasteiger partial charge in [-0.2, -0.15) is 0 Å². The minimum absolute atomic E-state index is 0.151. The fourth-order valence-electron chi connectivity index (χ4n) is 2.02. The van der Waals surface area contributed by atoms with Crippen molar-refractivity contribution in [3.8, 4) is 5.75 Å². The zero-order valence-electron chi connectivity index (χ0n) is 12.0. The van der Waals surface area contributed by atoms with Crippen LogP contribution in [0.2, 0.25) is 0 Å². The first-order valence-electron chi connectivity index (χ1n) is 7.32. The molecular weight excluding hydrogens is 238 g/mol. The first-order chi connectivity index (χ1) is 9.33. The van der Waals surface area contributed by atoms with Gasteiger partial charge in [-0.25, -0.2) is 0 Å². The molecule has 1 saturated carbocycles. The number of benzene rings is 1. The third-order valence-corrected chi connectivity index (χ3v) is 3.47. The molecular formula is C16H25NO2. The van der Waals surface area contributed by atoms with Crippen LogP contribution in [0, 0.1) is 0 Å². The highest BCUT2D eigenvalue weighted by Gasteiger charge is 2.22. The summed E-state index contributed by atoms with van der Waals surface area (Å²) in [6, 6.07) is 8.93. The van der Waals surface area contributed by atoms with E-state index in [9.17, 15) is 0 Å².